The Bertz CT molecular complexity index is 384. The van der Waals surface area contributed by atoms with Gasteiger partial charge in [0.15, 0.2) is 0 Å². The van der Waals surface area contributed by atoms with Gasteiger partial charge in [0.25, 0.3) is 0 Å². The van der Waals surface area contributed by atoms with Crippen molar-refractivity contribution in [2.45, 2.75) is 19.8 Å². The maximum absolute atomic E-state index is 11.9. The van der Waals surface area contributed by atoms with Crippen molar-refractivity contribution in [2.75, 3.05) is 20.6 Å². The Morgan fingerprint density at radius 1 is 1.59 bits per heavy atom. The molecular formula is C12H22N4O. The lowest BCUT2D eigenvalue weighted by atomic mass is 9.98. The highest BCUT2D eigenvalue weighted by atomic mass is 16.2. The van der Waals surface area contributed by atoms with Crippen LogP contribution in [-0.2, 0) is 24.7 Å². The van der Waals surface area contributed by atoms with Crippen molar-refractivity contribution < 1.29 is 4.79 Å². The SMILES string of the molecule is CCc1nn(C)cc1CC(CN)C(=O)N(C)C. The van der Waals surface area contributed by atoms with Crippen LogP contribution in [0.4, 0.5) is 0 Å². The van der Waals surface area contributed by atoms with Gasteiger partial charge in [-0.3, -0.25) is 9.48 Å². The molecule has 1 amide bonds. The highest BCUT2D eigenvalue weighted by molar-refractivity contribution is 5.78. The van der Waals surface area contributed by atoms with Crippen molar-refractivity contribution in [3.63, 3.8) is 0 Å². The number of hydrogen-bond acceptors (Lipinski definition) is 3. The molecule has 0 aromatic carbocycles. The Hall–Kier alpha value is -1.36. The fourth-order valence-electron chi connectivity index (χ4n) is 1.95. The Labute approximate surface area is 103 Å². The van der Waals surface area contributed by atoms with Gasteiger partial charge >= 0.3 is 0 Å². The predicted octanol–water partition coefficient (Wildman–Crippen LogP) is 0.188. The minimum absolute atomic E-state index is 0.0819. The summed E-state index contributed by atoms with van der Waals surface area (Å²) in [6, 6.07) is 0. The molecule has 0 spiro atoms. The van der Waals surface area contributed by atoms with Crippen molar-refractivity contribution >= 4 is 5.91 Å². The average Bonchev–Trinajstić information content (AvgIpc) is 2.65. The average molecular weight is 238 g/mol. The molecule has 1 aromatic rings. The molecule has 5 heteroatoms. The van der Waals surface area contributed by atoms with Crippen molar-refractivity contribution in [1.82, 2.24) is 14.7 Å². The number of nitrogens with two attached hydrogens (primary N) is 1. The fourth-order valence-corrected chi connectivity index (χ4v) is 1.95. The van der Waals surface area contributed by atoms with Crippen LogP contribution in [0.5, 0.6) is 0 Å². The zero-order valence-corrected chi connectivity index (χ0v) is 11.1. The number of aryl methyl sites for hydroxylation is 2. The Kier molecular flexibility index (Phi) is 4.69. The number of carbonyl (C=O) groups excluding carboxylic acids is 1. The van der Waals surface area contributed by atoms with Gasteiger partial charge in [-0.1, -0.05) is 6.92 Å². The normalized spacial score (nSPS) is 12.5. The summed E-state index contributed by atoms with van der Waals surface area (Å²) < 4.78 is 1.79. The van der Waals surface area contributed by atoms with E-state index in [1.807, 2.05) is 13.2 Å². The third-order valence-corrected chi connectivity index (χ3v) is 2.87. The number of aromatic nitrogens is 2. The monoisotopic (exact) mass is 238 g/mol. The van der Waals surface area contributed by atoms with E-state index in [4.69, 9.17) is 5.73 Å². The molecule has 1 rings (SSSR count). The van der Waals surface area contributed by atoms with Crippen LogP contribution >= 0.6 is 0 Å². The first-order valence-corrected chi connectivity index (χ1v) is 5.92. The van der Waals surface area contributed by atoms with Crippen LogP contribution in [0, 0.1) is 5.92 Å². The van der Waals surface area contributed by atoms with E-state index in [0.717, 1.165) is 17.7 Å². The Morgan fingerprint density at radius 3 is 2.71 bits per heavy atom. The van der Waals surface area contributed by atoms with Crippen molar-refractivity contribution in [3.05, 3.63) is 17.5 Å². The number of carbonyl (C=O) groups is 1. The van der Waals surface area contributed by atoms with Crippen LogP contribution in [0.25, 0.3) is 0 Å². The highest BCUT2D eigenvalue weighted by Gasteiger charge is 2.21. The van der Waals surface area contributed by atoms with Crippen LogP contribution in [-0.4, -0.2) is 41.2 Å². The van der Waals surface area contributed by atoms with Crippen LogP contribution in [0.15, 0.2) is 6.20 Å². The number of hydrogen-bond donors (Lipinski definition) is 1. The standard InChI is InChI=1S/C12H22N4O/c1-5-11-10(8-16(4)14-11)6-9(7-13)12(17)15(2)3/h8-9H,5-7,13H2,1-4H3. The topological polar surface area (TPSA) is 64.2 Å². The quantitative estimate of drug-likeness (QED) is 0.796. The van der Waals surface area contributed by atoms with Crippen LogP contribution in [0.2, 0.25) is 0 Å². The third-order valence-electron chi connectivity index (χ3n) is 2.87. The largest absolute Gasteiger partial charge is 0.349 e. The van der Waals surface area contributed by atoms with E-state index in [-0.39, 0.29) is 11.8 Å². The smallest absolute Gasteiger partial charge is 0.226 e. The van der Waals surface area contributed by atoms with Crippen LogP contribution in [0.3, 0.4) is 0 Å². The molecule has 0 fully saturated rings. The second-order valence-electron chi connectivity index (χ2n) is 4.50. The van der Waals surface area contributed by atoms with Gasteiger partial charge in [0.1, 0.15) is 0 Å². The molecule has 0 aliphatic carbocycles. The number of rotatable bonds is 5. The van der Waals surface area contributed by atoms with E-state index in [9.17, 15) is 4.79 Å². The first kappa shape index (κ1) is 13.7. The summed E-state index contributed by atoms with van der Waals surface area (Å²) >= 11 is 0. The molecule has 0 saturated carbocycles. The summed E-state index contributed by atoms with van der Waals surface area (Å²) in [5.41, 5.74) is 7.86. The lowest BCUT2D eigenvalue weighted by molar-refractivity contribution is -0.132. The van der Waals surface area contributed by atoms with E-state index >= 15 is 0 Å². The molecule has 0 aliphatic heterocycles. The minimum atomic E-state index is -0.153. The molecule has 0 aliphatic rings. The van der Waals surface area contributed by atoms with Gasteiger partial charge in [0, 0.05) is 33.9 Å². The van der Waals surface area contributed by atoms with Gasteiger partial charge in [-0.05, 0) is 18.4 Å². The molecule has 1 heterocycles. The van der Waals surface area contributed by atoms with Gasteiger partial charge in [0.2, 0.25) is 5.91 Å². The maximum Gasteiger partial charge on any atom is 0.226 e. The second-order valence-corrected chi connectivity index (χ2v) is 4.50. The zero-order chi connectivity index (χ0) is 13.0. The molecule has 1 aromatic heterocycles. The Balaban J connectivity index is 2.83. The predicted molar refractivity (Wildman–Crippen MR) is 67.5 cm³/mol. The van der Waals surface area contributed by atoms with Gasteiger partial charge < -0.3 is 10.6 Å². The summed E-state index contributed by atoms with van der Waals surface area (Å²) in [4.78, 5) is 13.5. The molecule has 0 saturated heterocycles. The van der Waals surface area contributed by atoms with E-state index in [1.165, 1.54) is 0 Å². The summed E-state index contributed by atoms with van der Waals surface area (Å²) in [6.07, 6.45) is 3.53. The fraction of sp³-hybridized carbons (Fsp3) is 0.667. The van der Waals surface area contributed by atoms with Crippen LogP contribution in [0.1, 0.15) is 18.2 Å². The van der Waals surface area contributed by atoms with E-state index in [1.54, 1.807) is 23.7 Å². The third kappa shape index (κ3) is 3.30. The molecule has 1 unspecified atom stereocenters. The summed E-state index contributed by atoms with van der Waals surface area (Å²) in [5, 5.41) is 4.37. The van der Waals surface area contributed by atoms with Gasteiger partial charge in [-0.25, -0.2) is 0 Å². The zero-order valence-electron chi connectivity index (χ0n) is 11.1. The molecule has 1 atom stereocenters. The molecule has 96 valence electrons. The second kappa shape index (κ2) is 5.82. The molecular weight excluding hydrogens is 216 g/mol. The lowest BCUT2D eigenvalue weighted by Crippen LogP contribution is -2.35. The van der Waals surface area contributed by atoms with E-state index in [0.29, 0.717) is 13.0 Å². The van der Waals surface area contributed by atoms with Gasteiger partial charge in [0.05, 0.1) is 11.6 Å². The van der Waals surface area contributed by atoms with E-state index < -0.39 is 0 Å². The summed E-state index contributed by atoms with van der Waals surface area (Å²) in [6.45, 7) is 2.44. The minimum Gasteiger partial charge on any atom is -0.349 e. The van der Waals surface area contributed by atoms with Crippen molar-refractivity contribution in [3.8, 4) is 0 Å². The maximum atomic E-state index is 11.9. The summed E-state index contributed by atoms with van der Waals surface area (Å²) in [7, 11) is 5.41. The molecule has 0 radical (unpaired) electrons. The Morgan fingerprint density at radius 2 is 2.24 bits per heavy atom. The summed E-state index contributed by atoms with van der Waals surface area (Å²) in [5.74, 6) is -0.0714. The van der Waals surface area contributed by atoms with Crippen molar-refractivity contribution in [2.24, 2.45) is 18.7 Å². The first-order chi connectivity index (χ1) is 7.99. The molecule has 0 bridgehead atoms. The number of nitrogens with zero attached hydrogens (tertiary/aromatic N) is 3. The van der Waals surface area contributed by atoms with Gasteiger partial charge in [-0.2, -0.15) is 5.10 Å². The van der Waals surface area contributed by atoms with Gasteiger partial charge in [-0.15, -0.1) is 0 Å². The first-order valence-electron chi connectivity index (χ1n) is 5.92. The van der Waals surface area contributed by atoms with Crippen molar-refractivity contribution in [1.29, 1.82) is 0 Å². The lowest BCUT2D eigenvalue weighted by Gasteiger charge is -2.18. The van der Waals surface area contributed by atoms with E-state index in [2.05, 4.69) is 12.0 Å². The number of amides is 1. The highest BCUT2D eigenvalue weighted by Crippen LogP contribution is 2.14. The van der Waals surface area contributed by atoms with Crippen LogP contribution < -0.4 is 5.73 Å². The molecule has 17 heavy (non-hydrogen) atoms. The molecule has 5 nitrogen and oxygen atoms in total. The molecule has 2 N–H and O–H groups in total.